The molecule has 2 heteroatoms. The van der Waals surface area contributed by atoms with Crippen LogP contribution in [0.1, 0.15) is 96.8 Å². The summed E-state index contributed by atoms with van der Waals surface area (Å²) in [4.78, 5) is 2.25. The van der Waals surface area contributed by atoms with Crippen LogP contribution in [0.5, 0.6) is 0 Å². The summed E-state index contributed by atoms with van der Waals surface area (Å²) in [5.41, 5.74) is 0. The molecule has 0 aromatic heterocycles. The maximum absolute atomic E-state index is 5.17. The van der Waals surface area contributed by atoms with Crippen LogP contribution in [0.25, 0.3) is 0 Å². The first-order valence-electron chi connectivity index (χ1n) is 9.46. The van der Waals surface area contributed by atoms with Crippen LogP contribution in [0.4, 0.5) is 0 Å². The summed E-state index contributed by atoms with van der Waals surface area (Å²) in [5.74, 6) is 0. The maximum atomic E-state index is 5.17. The third kappa shape index (κ3) is 11.7. The number of ether oxygens (including phenoxy) is 1. The van der Waals surface area contributed by atoms with Crippen LogP contribution in [-0.2, 0) is 4.74 Å². The van der Waals surface area contributed by atoms with E-state index < -0.39 is 0 Å². The second-order valence-corrected chi connectivity index (χ2v) is 6.49. The van der Waals surface area contributed by atoms with Crippen LogP contribution in [0.2, 0.25) is 0 Å². The molecule has 0 radical (unpaired) electrons. The van der Waals surface area contributed by atoms with Crippen molar-refractivity contribution in [2.75, 3.05) is 13.3 Å². The van der Waals surface area contributed by atoms with Gasteiger partial charge in [0.05, 0.1) is 0 Å². The Kier molecular flexibility index (Phi) is 12.5. The fourth-order valence-electron chi connectivity index (χ4n) is 2.96. The molecular weight excluding hydrogens is 258 g/mol. The largest absolute Gasteiger partial charge is 0.479 e. The number of rotatable bonds is 15. The van der Waals surface area contributed by atoms with Gasteiger partial charge in [-0.3, -0.25) is 0 Å². The average Bonchev–Trinajstić information content (AvgIpc) is 3.01. The Balaban J connectivity index is 1.66. The highest BCUT2D eigenvalue weighted by atomic mass is 16.5. The van der Waals surface area contributed by atoms with Crippen molar-refractivity contribution in [1.82, 2.24) is 4.90 Å². The van der Waals surface area contributed by atoms with Crippen LogP contribution >= 0.6 is 0 Å². The lowest BCUT2D eigenvalue weighted by molar-refractivity contribution is 0.169. The van der Waals surface area contributed by atoms with E-state index >= 15 is 0 Å². The smallest absolute Gasteiger partial charge is 0.160 e. The monoisotopic (exact) mass is 295 g/mol. The molecule has 0 saturated heterocycles. The number of nitrogens with zero attached hydrogens (tertiary/aromatic N) is 1. The molecule has 0 N–H and O–H groups in total. The summed E-state index contributed by atoms with van der Waals surface area (Å²) in [6, 6.07) is 0. The zero-order valence-corrected chi connectivity index (χ0v) is 14.3. The van der Waals surface area contributed by atoms with Gasteiger partial charge in [-0.25, -0.2) is 0 Å². The van der Waals surface area contributed by atoms with Gasteiger partial charge in [0.15, 0.2) is 6.73 Å². The minimum atomic E-state index is 0.762. The molecule has 1 aliphatic heterocycles. The van der Waals surface area contributed by atoms with Crippen molar-refractivity contribution in [3.63, 3.8) is 0 Å². The van der Waals surface area contributed by atoms with Crippen LogP contribution in [-0.4, -0.2) is 18.2 Å². The van der Waals surface area contributed by atoms with Crippen LogP contribution < -0.4 is 0 Å². The minimum absolute atomic E-state index is 0.762. The summed E-state index contributed by atoms with van der Waals surface area (Å²) < 4.78 is 5.17. The highest BCUT2D eigenvalue weighted by Crippen LogP contribution is 2.13. The molecule has 0 saturated carbocycles. The minimum Gasteiger partial charge on any atom is -0.479 e. The lowest BCUT2D eigenvalue weighted by atomic mass is 10.0. The molecule has 1 heterocycles. The van der Waals surface area contributed by atoms with Crippen LogP contribution in [0, 0.1) is 0 Å². The van der Waals surface area contributed by atoms with Gasteiger partial charge in [0.1, 0.15) is 6.26 Å². The molecule has 0 atom stereocenters. The standard InChI is InChI=1S/C19H37NO/c1-2-3-4-5-6-7-8-9-10-11-12-13-14-15-16-20-17-18-21-19-20/h17-18H,2-16,19H2,1H3. The molecule has 0 aromatic carbocycles. The molecule has 0 unspecified atom stereocenters. The van der Waals surface area contributed by atoms with E-state index in [9.17, 15) is 0 Å². The van der Waals surface area contributed by atoms with E-state index in [0.717, 1.165) is 13.3 Å². The lowest BCUT2D eigenvalue weighted by Gasteiger charge is -2.12. The van der Waals surface area contributed by atoms with E-state index in [0.29, 0.717) is 0 Å². The maximum Gasteiger partial charge on any atom is 0.160 e. The van der Waals surface area contributed by atoms with Crippen molar-refractivity contribution < 1.29 is 4.74 Å². The second kappa shape index (κ2) is 14.3. The predicted molar refractivity (Wildman–Crippen MR) is 92.1 cm³/mol. The van der Waals surface area contributed by atoms with Crippen molar-refractivity contribution in [2.45, 2.75) is 96.8 Å². The van der Waals surface area contributed by atoms with Crippen LogP contribution in [0.15, 0.2) is 12.5 Å². The zero-order chi connectivity index (χ0) is 15.0. The lowest BCUT2D eigenvalue weighted by Crippen LogP contribution is -2.16. The van der Waals surface area contributed by atoms with Gasteiger partial charge in [0, 0.05) is 12.7 Å². The quantitative estimate of drug-likeness (QED) is 0.332. The summed E-state index contributed by atoms with van der Waals surface area (Å²) in [7, 11) is 0. The third-order valence-corrected chi connectivity index (χ3v) is 4.41. The Hall–Kier alpha value is -0.660. The van der Waals surface area contributed by atoms with E-state index in [1.54, 1.807) is 6.26 Å². The Bertz CT molecular complexity index is 240. The topological polar surface area (TPSA) is 12.5 Å². The fourth-order valence-corrected chi connectivity index (χ4v) is 2.96. The van der Waals surface area contributed by atoms with E-state index in [4.69, 9.17) is 4.74 Å². The fraction of sp³-hybridized carbons (Fsp3) is 0.895. The Morgan fingerprint density at radius 2 is 1.19 bits per heavy atom. The first-order chi connectivity index (χ1) is 10.4. The normalized spacial score (nSPS) is 13.9. The highest BCUT2D eigenvalue weighted by molar-refractivity contribution is 4.79. The van der Waals surface area contributed by atoms with Crippen molar-refractivity contribution in [2.24, 2.45) is 0 Å². The molecule has 21 heavy (non-hydrogen) atoms. The van der Waals surface area contributed by atoms with Gasteiger partial charge in [-0.05, 0) is 6.42 Å². The van der Waals surface area contributed by atoms with Crippen LogP contribution in [0.3, 0.4) is 0 Å². The van der Waals surface area contributed by atoms with Crippen molar-refractivity contribution in [3.05, 3.63) is 12.5 Å². The molecule has 0 bridgehead atoms. The second-order valence-electron chi connectivity index (χ2n) is 6.49. The van der Waals surface area contributed by atoms with Gasteiger partial charge in [0.2, 0.25) is 0 Å². The molecular formula is C19H37NO. The summed E-state index contributed by atoms with van der Waals surface area (Å²) in [5, 5.41) is 0. The SMILES string of the molecule is CCCCCCCCCCCCCCCCN1C=COC1. The third-order valence-electron chi connectivity index (χ3n) is 4.41. The Morgan fingerprint density at radius 1 is 0.714 bits per heavy atom. The summed E-state index contributed by atoms with van der Waals surface area (Å²) in [6.45, 7) is 4.21. The van der Waals surface area contributed by atoms with E-state index in [2.05, 4.69) is 18.0 Å². The molecule has 0 amide bonds. The molecule has 0 aliphatic carbocycles. The van der Waals surface area contributed by atoms with Crippen molar-refractivity contribution >= 4 is 0 Å². The Labute approximate surface area is 132 Å². The van der Waals surface area contributed by atoms with Gasteiger partial charge < -0.3 is 9.64 Å². The van der Waals surface area contributed by atoms with Crippen molar-refractivity contribution in [3.8, 4) is 0 Å². The van der Waals surface area contributed by atoms with E-state index in [1.165, 1.54) is 89.9 Å². The Morgan fingerprint density at radius 3 is 1.62 bits per heavy atom. The first-order valence-corrected chi connectivity index (χ1v) is 9.46. The number of hydrogen-bond donors (Lipinski definition) is 0. The number of unbranched alkanes of at least 4 members (excludes halogenated alkanes) is 13. The first kappa shape index (κ1) is 18.4. The molecule has 1 rings (SSSR count). The predicted octanol–water partition coefficient (Wildman–Crippen LogP) is 6.23. The molecule has 1 aliphatic rings. The highest BCUT2D eigenvalue weighted by Gasteiger charge is 2.03. The molecule has 124 valence electrons. The van der Waals surface area contributed by atoms with Gasteiger partial charge >= 0.3 is 0 Å². The zero-order valence-electron chi connectivity index (χ0n) is 14.3. The summed E-state index contributed by atoms with van der Waals surface area (Å²) >= 11 is 0. The van der Waals surface area contributed by atoms with E-state index in [1.807, 2.05) is 0 Å². The average molecular weight is 296 g/mol. The molecule has 0 aromatic rings. The van der Waals surface area contributed by atoms with Gasteiger partial charge in [-0.2, -0.15) is 0 Å². The number of hydrogen-bond acceptors (Lipinski definition) is 2. The van der Waals surface area contributed by atoms with Gasteiger partial charge in [0.25, 0.3) is 0 Å². The molecule has 0 spiro atoms. The summed E-state index contributed by atoms with van der Waals surface area (Å²) in [6.07, 6.45) is 23.9. The molecule has 2 nitrogen and oxygen atoms in total. The van der Waals surface area contributed by atoms with Gasteiger partial charge in [-0.1, -0.05) is 90.4 Å². The van der Waals surface area contributed by atoms with Crippen molar-refractivity contribution in [1.29, 1.82) is 0 Å². The molecule has 0 fully saturated rings. The van der Waals surface area contributed by atoms with E-state index in [-0.39, 0.29) is 0 Å². The van der Waals surface area contributed by atoms with Gasteiger partial charge in [-0.15, -0.1) is 0 Å².